The number of hydrogen-bond donors (Lipinski definition) is 0. The van der Waals surface area contributed by atoms with Gasteiger partial charge in [-0.05, 0) is 67.5 Å². The highest BCUT2D eigenvalue weighted by molar-refractivity contribution is 7.89. The average Bonchev–Trinajstić information content (AvgIpc) is 3.61. The molecule has 0 bridgehead atoms. The molecule has 190 valence electrons. The van der Waals surface area contributed by atoms with E-state index in [0.29, 0.717) is 18.0 Å². The molecule has 1 fully saturated rings. The van der Waals surface area contributed by atoms with Crippen molar-refractivity contribution in [2.75, 3.05) is 26.8 Å². The molecular weight excluding hydrogens is 496 g/mol. The molecule has 1 aliphatic heterocycles. The lowest BCUT2D eigenvalue weighted by atomic mass is 10.0. The van der Waals surface area contributed by atoms with Crippen LogP contribution < -0.4 is 9.47 Å². The van der Waals surface area contributed by atoms with E-state index in [2.05, 4.69) is 0 Å². The minimum absolute atomic E-state index is 0.134. The summed E-state index contributed by atoms with van der Waals surface area (Å²) >= 11 is 1.68. The third-order valence-corrected chi connectivity index (χ3v) is 9.66. The van der Waals surface area contributed by atoms with Crippen LogP contribution in [0.4, 0.5) is 0 Å². The molecule has 1 aliphatic carbocycles. The summed E-state index contributed by atoms with van der Waals surface area (Å²) in [5.41, 5.74) is 2.05. The second-order valence-electron chi connectivity index (χ2n) is 9.21. The van der Waals surface area contributed by atoms with E-state index in [1.54, 1.807) is 47.6 Å². The van der Waals surface area contributed by atoms with Crippen LogP contribution in [0.5, 0.6) is 11.5 Å². The molecule has 1 atom stereocenters. The smallest absolute Gasteiger partial charge is 0.243 e. The van der Waals surface area contributed by atoms with Crippen molar-refractivity contribution in [1.29, 1.82) is 0 Å². The van der Waals surface area contributed by atoms with Crippen molar-refractivity contribution >= 4 is 27.3 Å². The molecule has 5 rings (SSSR count). The predicted molar refractivity (Wildman–Crippen MR) is 139 cm³/mol. The highest BCUT2D eigenvalue weighted by Crippen LogP contribution is 2.37. The Morgan fingerprint density at radius 2 is 1.81 bits per heavy atom. The molecule has 1 amide bonds. The Labute approximate surface area is 216 Å². The van der Waals surface area contributed by atoms with E-state index in [4.69, 9.17) is 9.47 Å². The minimum atomic E-state index is -3.78. The van der Waals surface area contributed by atoms with E-state index < -0.39 is 10.0 Å². The van der Waals surface area contributed by atoms with Gasteiger partial charge >= 0.3 is 0 Å². The summed E-state index contributed by atoms with van der Waals surface area (Å²) in [5.74, 6) is 1.03. The van der Waals surface area contributed by atoms with Crippen molar-refractivity contribution in [3.63, 3.8) is 0 Å². The molecule has 36 heavy (non-hydrogen) atoms. The van der Waals surface area contributed by atoms with Crippen LogP contribution in [0.25, 0.3) is 0 Å². The summed E-state index contributed by atoms with van der Waals surface area (Å²) in [6.07, 6.45) is 2.29. The number of fused-ring (bicyclic) bond motifs is 1. The van der Waals surface area contributed by atoms with Crippen LogP contribution in [-0.2, 0) is 21.2 Å². The lowest BCUT2D eigenvalue weighted by molar-refractivity contribution is -0.135. The van der Waals surface area contributed by atoms with E-state index in [0.717, 1.165) is 30.4 Å². The molecular formula is C27H30N2O5S2. The maximum atomic E-state index is 13.7. The van der Waals surface area contributed by atoms with Gasteiger partial charge in [0.25, 0.3) is 0 Å². The molecule has 0 spiro atoms. The molecule has 7 nitrogen and oxygen atoms in total. The first kappa shape index (κ1) is 24.8. The zero-order chi connectivity index (χ0) is 25.3. The standard InChI is InChI=1S/C27H30N2O5S2/c1-19-7-11-21(12-8-19)36(31,32)29(20-9-10-20)17-27(30)28-15-13-26-22(14-16-35-26)23(28)18-34-25-6-4-3-5-24(25)33-2/h3-8,11-12,14,16,20,23H,9-10,13,15,17-18H2,1-2H3. The Kier molecular flexibility index (Phi) is 7.05. The SMILES string of the molecule is COc1ccccc1OCC1c2ccsc2CCN1C(=O)CN(C1CC1)S(=O)(=O)c1ccc(C)cc1. The summed E-state index contributed by atoms with van der Waals surface area (Å²) < 4.78 is 39.9. The number of para-hydroxylation sites is 2. The lowest BCUT2D eigenvalue weighted by Crippen LogP contribution is -2.48. The van der Waals surface area contributed by atoms with E-state index >= 15 is 0 Å². The third-order valence-electron chi connectivity index (χ3n) is 6.75. The second kappa shape index (κ2) is 10.2. The first-order chi connectivity index (χ1) is 17.4. The van der Waals surface area contributed by atoms with Gasteiger partial charge in [-0.25, -0.2) is 8.42 Å². The Balaban J connectivity index is 1.38. The van der Waals surface area contributed by atoms with Gasteiger partial charge in [-0.2, -0.15) is 4.31 Å². The molecule has 9 heteroatoms. The Hall–Kier alpha value is -2.88. The number of rotatable bonds is 9. The van der Waals surface area contributed by atoms with Gasteiger partial charge in [0.2, 0.25) is 15.9 Å². The van der Waals surface area contributed by atoms with Gasteiger partial charge in [0.1, 0.15) is 6.61 Å². The van der Waals surface area contributed by atoms with Gasteiger partial charge in [0.05, 0.1) is 24.6 Å². The molecule has 1 aromatic heterocycles. The molecule has 1 unspecified atom stereocenters. The van der Waals surface area contributed by atoms with Gasteiger partial charge in [0.15, 0.2) is 11.5 Å². The molecule has 2 aliphatic rings. The number of sulfonamides is 1. The number of aryl methyl sites for hydroxylation is 1. The predicted octanol–water partition coefficient (Wildman–Crippen LogP) is 4.42. The zero-order valence-electron chi connectivity index (χ0n) is 20.4. The first-order valence-corrected chi connectivity index (χ1v) is 14.4. The van der Waals surface area contributed by atoms with Crippen LogP contribution in [-0.4, -0.2) is 56.4 Å². The Morgan fingerprint density at radius 1 is 1.08 bits per heavy atom. The number of nitrogens with zero attached hydrogens (tertiary/aromatic N) is 2. The zero-order valence-corrected chi connectivity index (χ0v) is 22.1. The van der Waals surface area contributed by atoms with Crippen LogP contribution >= 0.6 is 11.3 Å². The minimum Gasteiger partial charge on any atom is -0.493 e. The van der Waals surface area contributed by atoms with Gasteiger partial charge in [0, 0.05) is 17.5 Å². The fourth-order valence-corrected chi connectivity index (χ4v) is 7.19. The van der Waals surface area contributed by atoms with Gasteiger partial charge < -0.3 is 14.4 Å². The molecule has 3 aromatic rings. The van der Waals surface area contributed by atoms with E-state index in [9.17, 15) is 13.2 Å². The van der Waals surface area contributed by atoms with E-state index in [-0.39, 0.29) is 36.0 Å². The third kappa shape index (κ3) is 5.00. The topological polar surface area (TPSA) is 76.2 Å². The second-order valence-corrected chi connectivity index (χ2v) is 12.1. The summed E-state index contributed by atoms with van der Waals surface area (Å²) in [6, 6.07) is 15.8. The van der Waals surface area contributed by atoms with Crippen molar-refractivity contribution in [3.05, 3.63) is 76.0 Å². The normalized spacial score (nSPS) is 17.6. The summed E-state index contributed by atoms with van der Waals surface area (Å²) in [7, 11) is -2.19. The number of amides is 1. The fraction of sp³-hybridized carbons (Fsp3) is 0.370. The van der Waals surface area contributed by atoms with Crippen molar-refractivity contribution in [2.45, 2.75) is 43.2 Å². The summed E-state index contributed by atoms with van der Waals surface area (Å²) in [4.78, 5) is 16.9. The number of carbonyl (C=O) groups excluding carboxylic acids is 1. The quantitative estimate of drug-likeness (QED) is 0.413. The number of thiophene rings is 1. The molecule has 2 aromatic carbocycles. The van der Waals surface area contributed by atoms with Crippen LogP contribution in [0.3, 0.4) is 0 Å². The van der Waals surface area contributed by atoms with Gasteiger partial charge in [-0.15, -0.1) is 11.3 Å². The van der Waals surface area contributed by atoms with Crippen molar-refractivity contribution in [3.8, 4) is 11.5 Å². The Bertz CT molecular complexity index is 1330. The molecule has 0 saturated heterocycles. The maximum Gasteiger partial charge on any atom is 0.243 e. The number of methoxy groups -OCH3 is 1. The molecule has 0 radical (unpaired) electrons. The fourth-order valence-electron chi connectivity index (χ4n) is 4.62. The number of hydrogen-bond acceptors (Lipinski definition) is 6. The highest BCUT2D eigenvalue weighted by Gasteiger charge is 2.41. The van der Waals surface area contributed by atoms with Gasteiger partial charge in [-0.1, -0.05) is 29.8 Å². The van der Waals surface area contributed by atoms with Gasteiger partial charge in [-0.3, -0.25) is 4.79 Å². The largest absolute Gasteiger partial charge is 0.493 e. The van der Waals surface area contributed by atoms with Crippen LogP contribution in [0, 0.1) is 6.92 Å². The van der Waals surface area contributed by atoms with E-state index in [1.807, 2.05) is 42.6 Å². The Morgan fingerprint density at radius 3 is 2.50 bits per heavy atom. The number of benzene rings is 2. The molecule has 2 heterocycles. The highest BCUT2D eigenvalue weighted by atomic mass is 32.2. The van der Waals surface area contributed by atoms with Crippen LogP contribution in [0.2, 0.25) is 0 Å². The lowest BCUT2D eigenvalue weighted by Gasteiger charge is -2.37. The maximum absolute atomic E-state index is 13.7. The average molecular weight is 527 g/mol. The summed E-state index contributed by atoms with van der Waals surface area (Å²) in [5, 5.41) is 2.03. The van der Waals surface area contributed by atoms with Crippen LogP contribution in [0.1, 0.15) is 34.9 Å². The van der Waals surface area contributed by atoms with Crippen molar-refractivity contribution in [2.24, 2.45) is 0 Å². The van der Waals surface area contributed by atoms with Crippen LogP contribution in [0.15, 0.2) is 64.9 Å². The monoisotopic (exact) mass is 526 g/mol. The summed E-state index contributed by atoms with van der Waals surface area (Å²) in [6.45, 7) is 2.52. The molecule has 0 N–H and O–H groups in total. The van der Waals surface area contributed by atoms with Crippen molar-refractivity contribution in [1.82, 2.24) is 9.21 Å². The number of ether oxygens (including phenoxy) is 2. The first-order valence-electron chi connectivity index (χ1n) is 12.1. The van der Waals surface area contributed by atoms with E-state index in [1.165, 1.54) is 9.18 Å². The molecule has 1 saturated carbocycles. The number of carbonyl (C=O) groups is 1. The van der Waals surface area contributed by atoms with Crippen molar-refractivity contribution < 1.29 is 22.7 Å².